The first-order valence-electron chi connectivity index (χ1n) is 6.17. The Balaban J connectivity index is 2.19. The Kier molecular flexibility index (Phi) is 3.97. The quantitative estimate of drug-likeness (QED) is 0.635. The third-order valence-corrected chi connectivity index (χ3v) is 3.18. The molecule has 0 amide bonds. The van der Waals surface area contributed by atoms with Gasteiger partial charge in [0.15, 0.2) is 11.5 Å². The lowest BCUT2D eigenvalue weighted by Crippen LogP contribution is -2.21. The molecule has 0 heterocycles. The van der Waals surface area contributed by atoms with E-state index in [-0.39, 0.29) is 0 Å². The fourth-order valence-corrected chi connectivity index (χ4v) is 2.16. The number of ether oxygens (including phenoxy) is 2. The maximum atomic E-state index is 6.02. The lowest BCUT2D eigenvalue weighted by molar-refractivity contribution is 0.355. The van der Waals surface area contributed by atoms with Crippen LogP contribution in [0, 0.1) is 0 Å². The van der Waals surface area contributed by atoms with Crippen LogP contribution in [0.5, 0.6) is 11.5 Å². The molecule has 2 rings (SSSR count). The van der Waals surface area contributed by atoms with Crippen LogP contribution in [0.1, 0.15) is 19.3 Å². The SMILES string of the molecule is COc1cc(N)c(NC2CC=CCC2)cc1OC. The minimum Gasteiger partial charge on any atom is -0.493 e. The maximum Gasteiger partial charge on any atom is 0.162 e. The summed E-state index contributed by atoms with van der Waals surface area (Å²) in [7, 11) is 3.23. The van der Waals surface area contributed by atoms with Crippen LogP contribution in [0.25, 0.3) is 0 Å². The van der Waals surface area contributed by atoms with Crippen LogP contribution in [0.3, 0.4) is 0 Å². The summed E-state index contributed by atoms with van der Waals surface area (Å²) >= 11 is 0. The fourth-order valence-electron chi connectivity index (χ4n) is 2.16. The highest BCUT2D eigenvalue weighted by Crippen LogP contribution is 2.35. The third-order valence-electron chi connectivity index (χ3n) is 3.18. The molecule has 1 atom stereocenters. The summed E-state index contributed by atoms with van der Waals surface area (Å²) in [6, 6.07) is 4.13. The molecule has 0 aliphatic heterocycles. The highest BCUT2D eigenvalue weighted by molar-refractivity contribution is 5.72. The monoisotopic (exact) mass is 248 g/mol. The summed E-state index contributed by atoms with van der Waals surface area (Å²) in [5.74, 6) is 1.35. The van der Waals surface area contributed by atoms with Gasteiger partial charge in [-0.25, -0.2) is 0 Å². The van der Waals surface area contributed by atoms with Crippen molar-refractivity contribution in [3.8, 4) is 11.5 Å². The Bertz CT molecular complexity index is 444. The van der Waals surface area contributed by atoms with Crippen molar-refractivity contribution in [2.45, 2.75) is 25.3 Å². The first-order valence-corrected chi connectivity index (χ1v) is 6.17. The van der Waals surface area contributed by atoms with Crippen molar-refractivity contribution in [1.82, 2.24) is 0 Å². The van der Waals surface area contributed by atoms with Crippen LogP contribution in [-0.2, 0) is 0 Å². The minimum atomic E-state index is 0.440. The standard InChI is InChI=1S/C14H20N2O2/c1-17-13-8-11(15)12(9-14(13)18-2)16-10-6-4-3-5-7-10/h3-4,8-10,16H,5-7,15H2,1-2H3. The predicted octanol–water partition coefficient (Wildman–Crippen LogP) is 2.81. The normalized spacial score (nSPS) is 18.4. The van der Waals surface area contributed by atoms with Crippen LogP contribution in [0.15, 0.2) is 24.3 Å². The molecule has 1 aliphatic carbocycles. The summed E-state index contributed by atoms with van der Waals surface area (Å²) in [5.41, 5.74) is 7.61. The van der Waals surface area contributed by atoms with Gasteiger partial charge in [-0.2, -0.15) is 0 Å². The molecule has 0 radical (unpaired) electrons. The molecule has 0 spiro atoms. The van der Waals surface area contributed by atoms with Gasteiger partial charge in [0.05, 0.1) is 25.6 Å². The van der Waals surface area contributed by atoms with Crippen molar-refractivity contribution < 1.29 is 9.47 Å². The highest BCUT2D eigenvalue weighted by atomic mass is 16.5. The van der Waals surface area contributed by atoms with E-state index in [9.17, 15) is 0 Å². The van der Waals surface area contributed by atoms with Crippen LogP contribution in [0.2, 0.25) is 0 Å². The van der Waals surface area contributed by atoms with Gasteiger partial charge in [0.1, 0.15) is 0 Å². The molecule has 1 aromatic rings. The molecule has 4 heteroatoms. The highest BCUT2D eigenvalue weighted by Gasteiger charge is 2.14. The Morgan fingerprint density at radius 1 is 1.17 bits per heavy atom. The number of allylic oxidation sites excluding steroid dienone is 1. The molecule has 3 N–H and O–H groups in total. The molecule has 0 aromatic heterocycles. The second kappa shape index (κ2) is 5.67. The Morgan fingerprint density at radius 3 is 2.50 bits per heavy atom. The van der Waals surface area contributed by atoms with Crippen LogP contribution in [-0.4, -0.2) is 20.3 Å². The first kappa shape index (κ1) is 12.6. The van der Waals surface area contributed by atoms with Gasteiger partial charge in [0, 0.05) is 18.2 Å². The largest absolute Gasteiger partial charge is 0.493 e. The number of nitrogens with one attached hydrogen (secondary N) is 1. The number of anilines is 2. The first-order chi connectivity index (χ1) is 8.74. The van der Waals surface area contributed by atoms with Crippen molar-refractivity contribution in [3.05, 3.63) is 24.3 Å². The molecular weight excluding hydrogens is 228 g/mol. The van der Waals surface area contributed by atoms with Crippen molar-refractivity contribution >= 4 is 11.4 Å². The van der Waals surface area contributed by atoms with Gasteiger partial charge in [0.25, 0.3) is 0 Å². The summed E-state index contributed by atoms with van der Waals surface area (Å²) < 4.78 is 10.5. The van der Waals surface area contributed by atoms with Gasteiger partial charge in [-0.05, 0) is 19.3 Å². The van der Waals surface area contributed by atoms with E-state index in [2.05, 4.69) is 17.5 Å². The van der Waals surface area contributed by atoms with E-state index in [4.69, 9.17) is 15.2 Å². The summed E-state index contributed by atoms with van der Waals surface area (Å²) in [5, 5.41) is 3.46. The number of hydrogen-bond donors (Lipinski definition) is 2. The molecule has 98 valence electrons. The van der Waals surface area contributed by atoms with Gasteiger partial charge in [-0.1, -0.05) is 12.2 Å². The van der Waals surface area contributed by atoms with Gasteiger partial charge >= 0.3 is 0 Å². The predicted molar refractivity (Wildman–Crippen MR) is 74.4 cm³/mol. The van der Waals surface area contributed by atoms with Gasteiger partial charge in [-0.15, -0.1) is 0 Å². The van der Waals surface area contributed by atoms with E-state index >= 15 is 0 Å². The van der Waals surface area contributed by atoms with Crippen LogP contribution >= 0.6 is 0 Å². The third kappa shape index (κ3) is 2.70. The maximum absolute atomic E-state index is 6.02. The minimum absolute atomic E-state index is 0.440. The second-order valence-electron chi connectivity index (χ2n) is 4.42. The average molecular weight is 248 g/mol. The van der Waals surface area contributed by atoms with E-state index in [1.807, 2.05) is 6.07 Å². The van der Waals surface area contributed by atoms with Crippen LogP contribution < -0.4 is 20.5 Å². The molecule has 0 fully saturated rings. The van der Waals surface area contributed by atoms with Crippen molar-refractivity contribution in [1.29, 1.82) is 0 Å². The molecule has 0 saturated heterocycles. The molecule has 0 bridgehead atoms. The van der Waals surface area contributed by atoms with Crippen molar-refractivity contribution in [2.24, 2.45) is 0 Å². The lowest BCUT2D eigenvalue weighted by atomic mass is 10.0. The molecule has 1 unspecified atom stereocenters. The van der Waals surface area contributed by atoms with Gasteiger partial charge in [0.2, 0.25) is 0 Å². The second-order valence-corrected chi connectivity index (χ2v) is 4.42. The average Bonchev–Trinajstić information content (AvgIpc) is 2.41. The topological polar surface area (TPSA) is 56.5 Å². The molecule has 1 aromatic carbocycles. The number of nitrogens with two attached hydrogens (primary N) is 1. The number of methoxy groups -OCH3 is 2. The van der Waals surface area contributed by atoms with Crippen molar-refractivity contribution in [2.75, 3.05) is 25.3 Å². The number of benzene rings is 1. The number of hydrogen-bond acceptors (Lipinski definition) is 4. The molecular formula is C14H20N2O2. The Morgan fingerprint density at radius 2 is 1.89 bits per heavy atom. The van der Waals surface area contributed by atoms with Crippen molar-refractivity contribution in [3.63, 3.8) is 0 Å². The summed E-state index contributed by atoms with van der Waals surface area (Å²) in [4.78, 5) is 0. The molecule has 1 aliphatic rings. The van der Waals surface area contributed by atoms with E-state index in [1.165, 1.54) is 0 Å². The van der Waals surface area contributed by atoms with E-state index in [0.717, 1.165) is 24.9 Å². The Hall–Kier alpha value is -1.84. The summed E-state index contributed by atoms with van der Waals surface area (Å²) in [6.45, 7) is 0. The number of rotatable bonds is 4. The zero-order chi connectivity index (χ0) is 13.0. The molecule has 0 saturated carbocycles. The lowest BCUT2D eigenvalue weighted by Gasteiger charge is -2.22. The smallest absolute Gasteiger partial charge is 0.162 e. The Labute approximate surface area is 108 Å². The molecule has 18 heavy (non-hydrogen) atoms. The van der Waals surface area contributed by atoms with E-state index in [0.29, 0.717) is 23.2 Å². The van der Waals surface area contributed by atoms with Crippen LogP contribution in [0.4, 0.5) is 11.4 Å². The van der Waals surface area contributed by atoms with Gasteiger partial charge < -0.3 is 20.5 Å². The fraction of sp³-hybridized carbons (Fsp3) is 0.429. The van der Waals surface area contributed by atoms with Gasteiger partial charge in [-0.3, -0.25) is 0 Å². The zero-order valence-electron chi connectivity index (χ0n) is 10.9. The number of nitrogen functional groups attached to an aromatic ring is 1. The molecule has 4 nitrogen and oxygen atoms in total. The van der Waals surface area contributed by atoms with E-state index < -0.39 is 0 Å². The zero-order valence-corrected chi connectivity index (χ0v) is 10.9. The summed E-state index contributed by atoms with van der Waals surface area (Å²) in [6.07, 6.45) is 7.71. The van der Waals surface area contributed by atoms with E-state index in [1.54, 1.807) is 20.3 Å².